The number of nitrogens with zero attached hydrogens (tertiary/aromatic N) is 1. The average Bonchev–Trinajstić information content (AvgIpc) is 2.45. The van der Waals surface area contributed by atoms with Crippen molar-refractivity contribution < 1.29 is 24.2 Å². The molecule has 0 spiro atoms. The number of rotatable bonds is 6. The Bertz CT molecular complexity index is 478. The SMILES string of the molecule is COc1cccc(OC)c1C(=O)N(C)CC(C)C(=O)O. The highest BCUT2D eigenvalue weighted by molar-refractivity contribution is 5.99. The van der Waals surface area contributed by atoms with E-state index in [1.807, 2.05) is 0 Å². The van der Waals surface area contributed by atoms with Gasteiger partial charge in [0, 0.05) is 13.6 Å². The largest absolute Gasteiger partial charge is 0.496 e. The van der Waals surface area contributed by atoms with E-state index in [0.29, 0.717) is 11.5 Å². The van der Waals surface area contributed by atoms with E-state index < -0.39 is 11.9 Å². The van der Waals surface area contributed by atoms with E-state index in [1.165, 1.54) is 19.1 Å². The van der Waals surface area contributed by atoms with Crippen LogP contribution in [0.1, 0.15) is 17.3 Å². The smallest absolute Gasteiger partial charge is 0.308 e. The molecule has 6 heteroatoms. The summed E-state index contributed by atoms with van der Waals surface area (Å²) < 4.78 is 10.3. The van der Waals surface area contributed by atoms with E-state index in [-0.39, 0.29) is 18.0 Å². The van der Waals surface area contributed by atoms with Crippen molar-refractivity contribution in [2.45, 2.75) is 6.92 Å². The predicted octanol–water partition coefficient (Wildman–Crippen LogP) is 1.50. The minimum Gasteiger partial charge on any atom is -0.496 e. The van der Waals surface area contributed by atoms with E-state index >= 15 is 0 Å². The number of amides is 1. The first-order valence-corrected chi connectivity index (χ1v) is 6.11. The van der Waals surface area contributed by atoms with Gasteiger partial charge in [0.2, 0.25) is 0 Å². The van der Waals surface area contributed by atoms with Crippen molar-refractivity contribution in [3.8, 4) is 11.5 Å². The number of hydrogen-bond acceptors (Lipinski definition) is 4. The molecule has 0 aliphatic carbocycles. The molecule has 0 saturated carbocycles. The number of carbonyl (C=O) groups excluding carboxylic acids is 1. The van der Waals surface area contributed by atoms with Crippen LogP contribution in [-0.4, -0.2) is 49.7 Å². The summed E-state index contributed by atoms with van der Waals surface area (Å²) in [6, 6.07) is 5.03. The van der Waals surface area contributed by atoms with Gasteiger partial charge in [-0.05, 0) is 12.1 Å². The maximum Gasteiger partial charge on any atom is 0.308 e. The minimum atomic E-state index is -0.948. The van der Waals surface area contributed by atoms with E-state index in [4.69, 9.17) is 14.6 Å². The Morgan fingerprint density at radius 3 is 2.15 bits per heavy atom. The number of hydrogen-bond donors (Lipinski definition) is 1. The van der Waals surface area contributed by atoms with E-state index in [9.17, 15) is 9.59 Å². The van der Waals surface area contributed by atoms with Gasteiger partial charge in [0.25, 0.3) is 5.91 Å². The first kappa shape index (κ1) is 15.8. The summed E-state index contributed by atoms with van der Waals surface area (Å²) in [5, 5.41) is 8.90. The second-order valence-electron chi connectivity index (χ2n) is 4.46. The molecular formula is C14H19NO5. The Hall–Kier alpha value is -2.24. The molecule has 0 aliphatic heterocycles. The molecule has 1 aromatic carbocycles. The van der Waals surface area contributed by atoms with Gasteiger partial charge in [-0.1, -0.05) is 13.0 Å². The van der Waals surface area contributed by atoms with Crippen molar-refractivity contribution in [2.24, 2.45) is 5.92 Å². The molecule has 1 atom stereocenters. The van der Waals surface area contributed by atoms with Gasteiger partial charge in [-0.15, -0.1) is 0 Å². The molecule has 0 radical (unpaired) electrons. The fraction of sp³-hybridized carbons (Fsp3) is 0.429. The fourth-order valence-electron chi connectivity index (χ4n) is 1.82. The summed E-state index contributed by atoms with van der Waals surface area (Å²) in [5.74, 6) is -1.15. The van der Waals surface area contributed by atoms with Crippen LogP contribution in [0.25, 0.3) is 0 Å². The van der Waals surface area contributed by atoms with Crippen LogP contribution in [0, 0.1) is 5.92 Å². The molecule has 0 bridgehead atoms. The highest BCUT2D eigenvalue weighted by Gasteiger charge is 2.24. The van der Waals surface area contributed by atoms with Gasteiger partial charge in [-0.2, -0.15) is 0 Å². The Kier molecular flexibility index (Phi) is 5.37. The molecule has 1 aromatic rings. The van der Waals surface area contributed by atoms with Crippen LogP contribution >= 0.6 is 0 Å². The first-order valence-electron chi connectivity index (χ1n) is 6.11. The van der Waals surface area contributed by atoms with Crippen LogP contribution in [0.15, 0.2) is 18.2 Å². The quantitative estimate of drug-likeness (QED) is 0.855. The normalized spacial score (nSPS) is 11.6. The van der Waals surface area contributed by atoms with Crippen molar-refractivity contribution in [1.29, 1.82) is 0 Å². The van der Waals surface area contributed by atoms with Crippen LogP contribution < -0.4 is 9.47 Å². The zero-order chi connectivity index (χ0) is 15.3. The molecule has 0 aromatic heterocycles. The molecule has 1 N–H and O–H groups in total. The van der Waals surface area contributed by atoms with E-state index in [0.717, 1.165) is 0 Å². The van der Waals surface area contributed by atoms with Crippen molar-refractivity contribution in [3.63, 3.8) is 0 Å². The molecule has 0 heterocycles. The number of methoxy groups -OCH3 is 2. The highest BCUT2D eigenvalue weighted by atomic mass is 16.5. The molecule has 1 rings (SSSR count). The standard InChI is InChI=1S/C14H19NO5/c1-9(14(17)18)8-15(2)13(16)12-10(19-3)6-5-7-11(12)20-4/h5-7,9H,8H2,1-4H3,(H,17,18). The summed E-state index contributed by atoms with van der Waals surface area (Å²) >= 11 is 0. The van der Waals surface area contributed by atoms with Crippen LogP contribution in [-0.2, 0) is 4.79 Å². The maximum absolute atomic E-state index is 12.4. The Morgan fingerprint density at radius 2 is 1.75 bits per heavy atom. The molecule has 110 valence electrons. The van der Waals surface area contributed by atoms with Gasteiger partial charge in [-0.3, -0.25) is 9.59 Å². The molecule has 1 unspecified atom stereocenters. The lowest BCUT2D eigenvalue weighted by Gasteiger charge is -2.21. The topological polar surface area (TPSA) is 76.1 Å². The van der Waals surface area contributed by atoms with Gasteiger partial charge >= 0.3 is 5.97 Å². The van der Waals surface area contributed by atoms with E-state index in [2.05, 4.69) is 0 Å². The van der Waals surface area contributed by atoms with Crippen molar-refractivity contribution >= 4 is 11.9 Å². The maximum atomic E-state index is 12.4. The lowest BCUT2D eigenvalue weighted by molar-refractivity contribution is -0.141. The zero-order valence-electron chi connectivity index (χ0n) is 12.0. The summed E-state index contributed by atoms with van der Waals surface area (Å²) in [6.07, 6.45) is 0. The summed E-state index contributed by atoms with van der Waals surface area (Å²) in [4.78, 5) is 24.6. The molecule has 0 fully saturated rings. The van der Waals surface area contributed by atoms with Crippen molar-refractivity contribution in [1.82, 2.24) is 4.90 Å². The van der Waals surface area contributed by atoms with Crippen molar-refractivity contribution in [2.75, 3.05) is 27.8 Å². The highest BCUT2D eigenvalue weighted by Crippen LogP contribution is 2.29. The van der Waals surface area contributed by atoms with Crippen LogP contribution in [0.3, 0.4) is 0 Å². The minimum absolute atomic E-state index is 0.107. The third-order valence-corrected chi connectivity index (χ3v) is 2.96. The lowest BCUT2D eigenvalue weighted by Crippen LogP contribution is -2.34. The number of carboxylic acid groups (broad SMARTS) is 1. The third kappa shape index (κ3) is 3.40. The number of benzene rings is 1. The van der Waals surface area contributed by atoms with Crippen molar-refractivity contribution in [3.05, 3.63) is 23.8 Å². The van der Waals surface area contributed by atoms with Gasteiger partial charge in [-0.25, -0.2) is 0 Å². The Morgan fingerprint density at radius 1 is 1.25 bits per heavy atom. The molecule has 0 aliphatic rings. The van der Waals surface area contributed by atoms with Crippen LogP contribution in [0.2, 0.25) is 0 Å². The van der Waals surface area contributed by atoms with Gasteiger partial charge in [0.05, 0.1) is 20.1 Å². The summed E-state index contributed by atoms with van der Waals surface area (Å²) in [5.41, 5.74) is 0.289. The zero-order valence-corrected chi connectivity index (χ0v) is 12.0. The fourth-order valence-corrected chi connectivity index (χ4v) is 1.82. The van der Waals surface area contributed by atoms with Crippen LogP contribution in [0.5, 0.6) is 11.5 Å². The molecular weight excluding hydrogens is 262 g/mol. The third-order valence-electron chi connectivity index (χ3n) is 2.96. The summed E-state index contributed by atoms with van der Waals surface area (Å²) in [6.45, 7) is 1.65. The molecule has 6 nitrogen and oxygen atoms in total. The number of carbonyl (C=O) groups is 2. The van der Waals surface area contributed by atoms with Gasteiger partial charge in [0.1, 0.15) is 17.1 Å². The number of carboxylic acids is 1. The molecule has 20 heavy (non-hydrogen) atoms. The van der Waals surface area contributed by atoms with E-state index in [1.54, 1.807) is 32.2 Å². The second kappa shape index (κ2) is 6.79. The Labute approximate surface area is 117 Å². The first-order chi connectivity index (χ1) is 9.42. The molecule has 0 saturated heterocycles. The molecule has 1 amide bonds. The van der Waals surface area contributed by atoms with Crippen LogP contribution in [0.4, 0.5) is 0 Å². The van der Waals surface area contributed by atoms with Gasteiger partial charge < -0.3 is 19.5 Å². The average molecular weight is 281 g/mol. The lowest BCUT2D eigenvalue weighted by atomic mass is 10.1. The Balaban J connectivity index is 3.04. The number of ether oxygens (including phenoxy) is 2. The number of aliphatic carboxylic acids is 1. The monoisotopic (exact) mass is 281 g/mol. The second-order valence-corrected chi connectivity index (χ2v) is 4.46. The predicted molar refractivity (Wildman–Crippen MR) is 73.3 cm³/mol. The summed E-state index contributed by atoms with van der Waals surface area (Å²) in [7, 11) is 4.48. The van der Waals surface area contributed by atoms with Gasteiger partial charge in [0.15, 0.2) is 0 Å².